The molecule has 2 N–H and O–H groups in total. The van der Waals surface area contributed by atoms with E-state index in [1.54, 1.807) is 0 Å². The SMILES string of the molecule is N[C@H](c1cc(F)cc(C(F)(F)F)c1Cl)C(F)(F)F. The summed E-state index contributed by atoms with van der Waals surface area (Å²) in [6.45, 7) is 0. The van der Waals surface area contributed by atoms with E-state index in [1.165, 1.54) is 0 Å². The quantitative estimate of drug-likeness (QED) is 0.777. The molecule has 1 aromatic rings. The van der Waals surface area contributed by atoms with E-state index in [-0.39, 0.29) is 12.1 Å². The molecule has 0 bridgehead atoms. The summed E-state index contributed by atoms with van der Waals surface area (Å²) in [4.78, 5) is 0. The van der Waals surface area contributed by atoms with Crippen LogP contribution in [0.5, 0.6) is 0 Å². The molecule has 1 aromatic carbocycles. The molecule has 0 aromatic heterocycles. The van der Waals surface area contributed by atoms with Gasteiger partial charge in [0.05, 0.1) is 10.6 Å². The number of nitrogens with two attached hydrogens (primary N) is 1. The molecule has 0 fully saturated rings. The minimum Gasteiger partial charge on any atom is -0.316 e. The fourth-order valence-electron chi connectivity index (χ4n) is 1.22. The van der Waals surface area contributed by atoms with Crippen LogP contribution in [-0.4, -0.2) is 6.18 Å². The zero-order valence-corrected chi connectivity index (χ0v) is 9.09. The molecule has 102 valence electrons. The van der Waals surface area contributed by atoms with Gasteiger partial charge in [-0.25, -0.2) is 4.39 Å². The summed E-state index contributed by atoms with van der Waals surface area (Å²) in [5.41, 5.74) is 1.86. The lowest BCUT2D eigenvalue weighted by Gasteiger charge is -2.19. The first-order valence-corrected chi connectivity index (χ1v) is 4.71. The van der Waals surface area contributed by atoms with Crippen LogP contribution < -0.4 is 5.73 Å². The maximum atomic E-state index is 12.9. The Morgan fingerprint density at radius 1 is 1.06 bits per heavy atom. The zero-order valence-electron chi connectivity index (χ0n) is 8.33. The molecular formula is C9H5ClF7N. The van der Waals surface area contributed by atoms with Crippen LogP contribution in [-0.2, 0) is 6.18 Å². The first kappa shape index (κ1) is 15.0. The Bertz CT molecular complexity index is 451. The van der Waals surface area contributed by atoms with Gasteiger partial charge in [-0.05, 0) is 12.1 Å². The molecule has 0 radical (unpaired) electrons. The Hall–Kier alpha value is -1.02. The van der Waals surface area contributed by atoms with Crippen LogP contribution in [0.4, 0.5) is 30.7 Å². The second-order valence-corrected chi connectivity index (χ2v) is 3.75. The summed E-state index contributed by atoms with van der Waals surface area (Å²) < 4.78 is 87.0. The summed E-state index contributed by atoms with van der Waals surface area (Å²) in [6, 6.07) is -2.55. The van der Waals surface area contributed by atoms with Gasteiger partial charge in [0.2, 0.25) is 0 Å². The molecule has 0 spiro atoms. The summed E-state index contributed by atoms with van der Waals surface area (Å²) in [5, 5.41) is -1.26. The van der Waals surface area contributed by atoms with Crippen molar-refractivity contribution in [2.24, 2.45) is 5.73 Å². The second-order valence-electron chi connectivity index (χ2n) is 3.37. The highest BCUT2D eigenvalue weighted by Gasteiger charge is 2.42. The lowest BCUT2D eigenvalue weighted by Crippen LogP contribution is -2.29. The first-order chi connectivity index (χ1) is 7.94. The van der Waals surface area contributed by atoms with Gasteiger partial charge in [-0.1, -0.05) is 11.6 Å². The number of benzene rings is 1. The van der Waals surface area contributed by atoms with Gasteiger partial charge in [-0.2, -0.15) is 26.3 Å². The van der Waals surface area contributed by atoms with Crippen LogP contribution in [0.15, 0.2) is 12.1 Å². The predicted molar refractivity (Wildman–Crippen MR) is 49.4 cm³/mol. The lowest BCUT2D eigenvalue weighted by atomic mass is 10.0. The Labute approximate surface area is 101 Å². The number of rotatable bonds is 1. The number of halogens is 8. The average molecular weight is 296 g/mol. The van der Waals surface area contributed by atoms with Crippen LogP contribution in [0.2, 0.25) is 5.02 Å². The Morgan fingerprint density at radius 2 is 1.56 bits per heavy atom. The number of alkyl halides is 6. The summed E-state index contributed by atoms with van der Waals surface area (Å²) in [5.74, 6) is -1.50. The van der Waals surface area contributed by atoms with E-state index >= 15 is 0 Å². The average Bonchev–Trinajstić information content (AvgIpc) is 2.17. The van der Waals surface area contributed by atoms with Crippen molar-refractivity contribution in [3.8, 4) is 0 Å². The molecular weight excluding hydrogens is 291 g/mol. The monoisotopic (exact) mass is 295 g/mol. The smallest absolute Gasteiger partial charge is 0.316 e. The van der Waals surface area contributed by atoms with Gasteiger partial charge in [0.1, 0.15) is 11.9 Å². The predicted octanol–water partition coefficient (Wildman–Crippen LogP) is 4.06. The van der Waals surface area contributed by atoms with Crippen molar-refractivity contribution in [1.29, 1.82) is 0 Å². The highest BCUT2D eigenvalue weighted by molar-refractivity contribution is 6.32. The van der Waals surface area contributed by atoms with Crippen molar-refractivity contribution in [3.05, 3.63) is 34.1 Å². The zero-order chi connectivity index (χ0) is 14.3. The molecule has 0 aliphatic carbocycles. The van der Waals surface area contributed by atoms with Crippen molar-refractivity contribution in [2.75, 3.05) is 0 Å². The van der Waals surface area contributed by atoms with Crippen LogP contribution in [0.25, 0.3) is 0 Å². The van der Waals surface area contributed by atoms with E-state index in [0.717, 1.165) is 0 Å². The molecule has 1 nitrogen and oxygen atoms in total. The van der Waals surface area contributed by atoms with Gasteiger partial charge in [0.15, 0.2) is 0 Å². The number of hydrogen-bond donors (Lipinski definition) is 1. The summed E-state index contributed by atoms with van der Waals surface area (Å²) in [6.07, 6.45) is -10.1. The van der Waals surface area contributed by atoms with E-state index in [4.69, 9.17) is 17.3 Å². The van der Waals surface area contributed by atoms with Crippen LogP contribution in [0.1, 0.15) is 17.2 Å². The minimum absolute atomic E-state index is 0.00886. The van der Waals surface area contributed by atoms with Crippen LogP contribution in [0, 0.1) is 5.82 Å². The highest BCUT2D eigenvalue weighted by Crippen LogP contribution is 2.41. The second kappa shape index (κ2) is 4.58. The largest absolute Gasteiger partial charge is 0.417 e. The van der Waals surface area contributed by atoms with Crippen LogP contribution in [0.3, 0.4) is 0 Å². The molecule has 0 saturated carbocycles. The fourth-order valence-corrected chi connectivity index (χ4v) is 1.55. The molecule has 0 unspecified atom stereocenters. The molecule has 18 heavy (non-hydrogen) atoms. The molecule has 9 heteroatoms. The van der Waals surface area contributed by atoms with Gasteiger partial charge in [0.25, 0.3) is 0 Å². The maximum absolute atomic E-state index is 12.9. The van der Waals surface area contributed by atoms with E-state index < -0.39 is 40.4 Å². The van der Waals surface area contributed by atoms with Gasteiger partial charge < -0.3 is 5.73 Å². The third-order valence-corrected chi connectivity index (χ3v) is 2.48. The molecule has 1 rings (SSSR count). The third-order valence-electron chi connectivity index (χ3n) is 2.06. The van der Waals surface area contributed by atoms with E-state index in [2.05, 4.69) is 0 Å². The van der Waals surface area contributed by atoms with Gasteiger partial charge in [-0.15, -0.1) is 0 Å². The Balaban J connectivity index is 3.44. The number of hydrogen-bond acceptors (Lipinski definition) is 1. The molecule has 0 aliphatic heterocycles. The maximum Gasteiger partial charge on any atom is 0.417 e. The molecule has 0 heterocycles. The third kappa shape index (κ3) is 3.05. The van der Waals surface area contributed by atoms with Crippen molar-refractivity contribution in [1.82, 2.24) is 0 Å². The van der Waals surface area contributed by atoms with Crippen molar-refractivity contribution in [3.63, 3.8) is 0 Å². The topological polar surface area (TPSA) is 26.0 Å². The molecule has 0 saturated heterocycles. The van der Waals surface area contributed by atoms with E-state index in [1.807, 2.05) is 0 Å². The van der Waals surface area contributed by atoms with Crippen molar-refractivity contribution < 1.29 is 30.7 Å². The van der Waals surface area contributed by atoms with E-state index in [9.17, 15) is 30.7 Å². The molecule has 1 atom stereocenters. The van der Waals surface area contributed by atoms with Crippen LogP contribution >= 0.6 is 11.6 Å². The lowest BCUT2D eigenvalue weighted by molar-refractivity contribution is -0.150. The fraction of sp³-hybridized carbons (Fsp3) is 0.333. The molecule has 0 aliphatic rings. The van der Waals surface area contributed by atoms with Crippen molar-refractivity contribution >= 4 is 11.6 Å². The van der Waals surface area contributed by atoms with Gasteiger partial charge in [0, 0.05) is 5.56 Å². The van der Waals surface area contributed by atoms with Crippen molar-refractivity contribution in [2.45, 2.75) is 18.4 Å². The summed E-state index contributed by atoms with van der Waals surface area (Å²) >= 11 is 5.20. The van der Waals surface area contributed by atoms with Gasteiger partial charge >= 0.3 is 12.4 Å². The van der Waals surface area contributed by atoms with E-state index in [0.29, 0.717) is 0 Å². The standard InChI is InChI=1S/C9H5ClF7N/c10-6-4(7(18)9(15,16)17)1-3(11)2-5(6)8(12,13)14/h1-2,7H,18H2/t7-/m1/s1. The normalized spacial score (nSPS) is 14.7. The minimum atomic E-state index is -5.07. The molecule has 0 amide bonds. The van der Waals surface area contributed by atoms with Gasteiger partial charge in [-0.3, -0.25) is 0 Å². The Morgan fingerprint density at radius 3 is 1.94 bits per heavy atom. The summed E-state index contributed by atoms with van der Waals surface area (Å²) in [7, 11) is 0. The Kier molecular flexibility index (Phi) is 3.83. The highest BCUT2D eigenvalue weighted by atomic mass is 35.5. The first-order valence-electron chi connectivity index (χ1n) is 4.33.